The van der Waals surface area contributed by atoms with Crippen molar-refractivity contribution in [3.05, 3.63) is 47.5 Å². The number of esters is 2. The molecule has 0 spiro atoms. The van der Waals surface area contributed by atoms with E-state index in [0.717, 1.165) is 18.4 Å². The van der Waals surface area contributed by atoms with Crippen LogP contribution in [0.1, 0.15) is 83.2 Å². The second kappa shape index (κ2) is 12.0. The number of rotatable bonds is 9. The van der Waals surface area contributed by atoms with Crippen molar-refractivity contribution < 1.29 is 43.3 Å². The summed E-state index contributed by atoms with van der Waals surface area (Å²) >= 11 is 0. The molecule has 4 aliphatic rings. The topological polar surface area (TPSA) is 153 Å². The van der Waals surface area contributed by atoms with Crippen LogP contribution in [0, 0.1) is 28.6 Å². The van der Waals surface area contributed by atoms with Gasteiger partial charge in [0.05, 0.1) is 13.5 Å². The Morgan fingerprint density at radius 3 is 2.45 bits per heavy atom. The van der Waals surface area contributed by atoms with E-state index < -0.39 is 47.3 Å². The molecule has 0 heterocycles. The lowest BCUT2D eigenvalue weighted by Crippen LogP contribution is -2.61. The van der Waals surface area contributed by atoms with E-state index in [1.54, 1.807) is 36.4 Å². The van der Waals surface area contributed by atoms with Crippen molar-refractivity contribution in [3.8, 4) is 0 Å². The lowest BCUT2D eigenvalue weighted by molar-refractivity contribution is -0.173. The molecular formula is C34H41NO9. The Labute approximate surface area is 256 Å². The number of benzene rings is 1. The average Bonchev–Trinajstić information content (AvgIpc) is 3.28. The number of hydrogen-bond donors (Lipinski definition) is 2. The van der Waals surface area contributed by atoms with E-state index in [0.29, 0.717) is 24.8 Å². The number of hydrogen-bond acceptors (Lipinski definition) is 9. The van der Waals surface area contributed by atoms with E-state index in [9.17, 15) is 33.9 Å². The molecule has 236 valence electrons. The fourth-order valence-electron chi connectivity index (χ4n) is 8.67. The van der Waals surface area contributed by atoms with Gasteiger partial charge in [-0.2, -0.15) is 0 Å². The zero-order valence-electron chi connectivity index (χ0n) is 25.6. The van der Waals surface area contributed by atoms with Crippen LogP contribution in [0.15, 0.2) is 42.0 Å². The van der Waals surface area contributed by atoms with Gasteiger partial charge in [-0.3, -0.25) is 24.0 Å². The van der Waals surface area contributed by atoms with Crippen LogP contribution in [-0.4, -0.2) is 59.6 Å². The lowest BCUT2D eigenvalue weighted by atomic mass is 9.46. The van der Waals surface area contributed by atoms with Gasteiger partial charge in [0.1, 0.15) is 11.4 Å². The van der Waals surface area contributed by atoms with Crippen molar-refractivity contribution in [2.45, 2.75) is 83.3 Å². The van der Waals surface area contributed by atoms with Gasteiger partial charge in [0.15, 0.2) is 18.4 Å². The third-order valence-corrected chi connectivity index (χ3v) is 11.1. The first-order chi connectivity index (χ1) is 20.8. The van der Waals surface area contributed by atoms with Gasteiger partial charge in [-0.25, -0.2) is 4.79 Å². The first-order valence-electron chi connectivity index (χ1n) is 15.4. The minimum absolute atomic E-state index is 0.00388. The number of Topliss-reactive ketones (excluding diaryl/α,β-unsaturated/α-hetero) is 2. The first-order valence-corrected chi connectivity index (χ1v) is 15.4. The number of allylic oxidation sites excluding steroid dienone is 1. The molecule has 5 rings (SSSR count). The Hall–Kier alpha value is -3.66. The Bertz CT molecular complexity index is 1400. The van der Waals surface area contributed by atoms with Crippen LogP contribution in [0.5, 0.6) is 0 Å². The van der Waals surface area contributed by atoms with Crippen molar-refractivity contribution >= 4 is 35.2 Å². The van der Waals surface area contributed by atoms with E-state index in [-0.39, 0.29) is 60.4 Å². The van der Waals surface area contributed by atoms with Gasteiger partial charge in [-0.05, 0) is 61.0 Å². The molecular weight excluding hydrogens is 566 g/mol. The lowest BCUT2D eigenvalue weighted by Gasteiger charge is -2.57. The van der Waals surface area contributed by atoms with Crippen molar-refractivity contribution in [1.29, 1.82) is 0 Å². The largest absolute Gasteiger partial charge is 0.467 e. The zero-order valence-corrected chi connectivity index (χ0v) is 25.6. The number of carbonyl (C=O) groups excluding carboxylic acids is 6. The molecule has 10 heteroatoms. The van der Waals surface area contributed by atoms with Crippen LogP contribution in [0.4, 0.5) is 0 Å². The number of methoxy groups -OCH3 is 1. The molecule has 1 aromatic carbocycles. The van der Waals surface area contributed by atoms with Gasteiger partial charge in [0, 0.05) is 30.6 Å². The van der Waals surface area contributed by atoms with Crippen molar-refractivity contribution in [2.75, 3.05) is 13.7 Å². The van der Waals surface area contributed by atoms with E-state index in [2.05, 4.69) is 12.2 Å². The van der Waals surface area contributed by atoms with Crippen LogP contribution < -0.4 is 5.32 Å². The van der Waals surface area contributed by atoms with Gasteiger partial charge in [0.25, 0.3) is 0 Å². The number of fused-ring (bicyclic) bond motifs is 5. The molecule has 0 aromatic heterocycles. The highest BCUT2D eigenvalue weighted by atomic mass is 16.5. The maximum absolute atomic E-state index is 13.8. The van der Waals surface area contributed by atoms with E-state index in [1.165, 1.54) is 7.11 Å². The maximum atomic E-state index is 13.8. The summed E-state index contributed by atoms with van der Waals surface area (Å²) in [6.07, 6.45) is 4.44. The van der Waals surface area contributed by atoms with Crippen LogP contribution >= 0.6 is 0 Å². The molecule has 10 nitrogen and oxygen atoms in total. The van der Waals surface area contributed by atoms with E-state index in [1.807, 2.05) is 6.92 Å². The fraction of sp³-hybridized carbons (Fsp3) is 0.588. The number of carbonyl (C=O) groups is 6. The molecule has 0 saturated heterocycles. The number of ketones is 3. The third kappa shape index (κ3) is 5.42. The highest BCUT2D eigenvalue weighted by molar-refractivity contribution is 5.95. The first kappa shape index (κ1) is 31.8. The molecule has 0 aliphatic heterocycles. The number of ether oxygens (including phenoxy) is 2. The van der Waals surface area contributed by atoms with Gasteiger partial charge < -0.3 is 19.9 Å². The Morgan fingerprint density at radius 1 is 1.02 bits per heavy atom. The molecule has 0 unspecified atom stereocenters. The Kier molecular flexibility index (Phi) is 8.68. The summed E-state index contributed by atoms with van der Waals surface area (Å²) < 4.78 is 9.99. The van der Waals surface area contributed by atoms with E-state index in [4.69, 9.17) is 9.47 Å². The number of amides is 1. The predicted octanol–water partition coefficient (Wildman–Crippen LogP) is 3.35. The molecule has 0 radical (unpaired) electrons. The van der Waals surface area contributed by atoms with Crippen molar-refractivity contribution in [3.63, 3.8) is 0 Å². The highest BCUT2D eigenvalue weighted by Crippen LogP contribution is 2.66. The standard InChI is InChI=1S/C34H41NO9/c1-32-15-13-22(36)17-21(32)9-10-23-24-14-16-34(42,33(24,2)18-25(37)29(23)32)26(38)19-44-28(40)12-11-27(39)35-30(31(41)43-3)20-7-5-4-6-8-20/h4-8,17,23-24,29-30,42H,9-16,18-19H2,1-3H3,(H,35,39)/t23-,24-,29-,30-,32+,33+,34+/m1/s1. The van der Waals surface area contributed by atoms with Crippen LogP contribution in [0.2, 0.25) is 0 Å². The average molecular weight is 608 g/mol. The van der Waals surface area contributed by atoms with Crippen LogP contribution in [0.25, 0.3) is 0 Å². The van der Waals surface area contributed by atoms with Crippen molar-refractivity contribution in [2.24, 2.45) is 28.6 Å². The molecule has 7 atom stereocenters. The zero-order chi connectivity index (χ0) is 31.9. The SMILES string of the molecule is COC(=O)[C@H](NC(=O)CCC(=O)OCC(=O)[C@@]1(O)CC[C@@H]2[C@H]3CCC4=CC(=O)CC[C@]4(C)[C@H]3C(=O)C[C@@]21C)c1ccccc1. The van der Waals surface area contributed by atoms with Crippen molar-refractivity contribution in [1.82, 2.24) is 5.32 Å². The molecule has 2 N–H and O–H groups in total. The predicted molar refractivity (Wildman–Crippen MR) is 157 cm³/mol. The quantitative estimate of drug-likeness (QED) is 0.403. The molecule has 0 bridgehead atoms. The molecule has 3 saturated carbocycles. The Balaban J connectivity index is 1.18. The number of nitrogens with one attached hydrogen (secondary N) is 1. The monoisotopic (exact) mass is 607 g/mol. The molecule has 3 fully saturated rings. The summed E-state index contributed by atoms with van der Waals surface area (Å²) in [5, 5.41) is 14.4. The maximum Gasteiger partial charge on any atom is 0.333 e. The van der Waals surface area contributed by atoms with Crippen LogP contribution in [-0.2, 0) is 38.2 Å². The minimum Gasteiger partial charge on any atom is -0.467 e. The summed E-state index contributed by atoms with van der Waals surface area (Å²) in [7, 11) is 1.21. The molecule has 4 aliphatic carbocycles. The summed E-state index contributed by atoms with van der Waals surface area (Å²) in [5.74, 6) is -2.83. The van der Waals surface area contributed by atoms with Gasteiger partial charge in [-0.1, -0.05) is 49.8 Å². The Morgan fingerprint density at radius 2 is 1.75 bits per heavy atom. The van der Waals surface area contributed by atoms with Gasteiger partial charge in [-0.15, -0.1) is 0 Å². The van der Waals surface area contributed by atoms with Gasteiger partial charge >= 0.3 is 11.9 Å². The normalized spacial score (nSPS) is 33.2. The highest BCUT2D eigenvalue weighted by Gasteiger charge is 2.68. The minimum atomic E-state index is -1.82. The second-order valence-corrected chi connectivity index (χ2v) is 13.3. The summed E-state index contributed by atoms with van der Waals surface area (Å²) in [5.41, 5.74) is -1.61. The summed E-state index contributed by atoms with van der Waals surface area (Å²) in [6, 6.07) is 7.51. The molecule has 1 amide bonds. The molecule has 1 aromatic rings. The second-order valence-electron chi connectivity index (χ2n) is 13.3. The molecule has 44 heavy (non-hydrogen) atoms. The third-order valence-electron chi connectivity index (χ3n) is 11.1. The van der Waals surface area contributed by atoms with Gasteiger partial charge in [0.2, 0.25) is 11.7 Å². The van der Waals surface area contributed by atoms with E-state index >= 15 is 0 Å². The smallest absolute Gasteiger partial charge is 0.333 e. The number of aliphatic hydroxyl groups is 1. The van der Waals surface area contributed by atoms with Crippen LogP contribution in [0.3, 0.4) is 0 Å². The summed E-state index contributed by atoms with van der Waals surface area (Å²) in [6.45, 7) is 3.24. The summed E-state index contributed by atoms with van der Waals surface area (Å²) in [4.78, 5) is 76.6. The fourth-order valence-corrected chi connectivity index (χ4v) is 8.67.